The zero-order valence-electron chi connectivity index (χ0n) is 12.4. The highest BCUT2D eigenvalue weighted by atomic mass is 32.2. The van der Waals surface area contributed by atoms with Crippen LogP contribution in [0.1, 0.15) is 52.9 Å². The van der Waals surface area contributed by atoms with Gasteiger partial charge in [-0.25, -0.2) is 8.42 Å². The molecule has 19 heavy (non-hydrogen) atoms. The first-order valence-corrected chi connectivity index (χ1v) is 9.17. The summed E-state index contributed by atoms with van der Waals surface area (Å²) in [6.07, 6.45) is 4.00. The smallest absolute Gasteiger partial charge is 0.222 e. The number of rotatable bonds is 7. The molecule has 1 heterocycles. The number of hydrogen-bond donors (Lipinski definition) is 0. The van der Waals surface area contributed by atoms with Gasteiger partial charge in [0.25, 0.3) is 0 Å². The lowest BCUT2D eigenvalue weighted by molar-refractivity contribution is -0.133. The van der Waals surface area contributed by atoms with E-state index >= 15 is 0 Å². The normalized spacial score (nSPS) is 21.8. The Hall–Kier alpha value is -0.580. The Morgan fingerprint density at radius 1 is 1.37 bits per heavy atom. The Balaban J connectivity index is 2.63. The minimum absolute atomic E-state index is 0.0868. The van der Waals surface area contributed by atoms with Crippen LogP contribution in [0.3, 0.4) is 0 Å². The molecule has 0 aliphatic carbocycles. The van der Waals surface area contributed by atoms with Crippen LogP contribution >= 0.6 is 0 Å². The average Bonchev–Trinajstić information content (AvgIpc) is 2.67. The van der Waals surface area contributed by atoms with E-state index in [1.54, 1.807) is 0 Å². The summed E-state index contributed by atoms with van der Waals surface area (Å²) in [5.74, 6) is 1.02. The van der Waals surface area contributed by atoms with Crippen LogP contribution < -0.4 is 0 Å². The van der Waals surface area contributed by atoms with E-state index in [9.17, 15) is 13.2 Å². The van der Waals surface area contributed by atoms with Crippen LogP contribution in [0.25, 0.3) is 0 Å². The van der Waals surface area contributed by atoms with Gasteiger partial charge < -0.3 is 4.90 Å². The van der Waals surface area contributed by atoms with Crippen LogP contribution in [0.2, 0.25) is 0 Å². The summed E-state index contributed by atoms with van der Waals surface area (Å²) in [4.78, 5) is 14.1. The molecule has 112 valence electrons. The van der Waals surface area contributed by atoms with Gasteiger partial charge in [0.2, 0.25) is 5.91 Å². The molecule has 1 rings (SSSR count). The van der Waals surface area contributed by atoms with Gasteiger partial charge in [0.15, 0.2) is 9.84 Å². The molecule has 5 heteroatoms. The first-order chi connectivity index (χ1) is 8.85. The molecule has 0 bridgehead atoms. The molecule has 1 saturated heterocycles. The van der Waals surface area contributed by atoms with Crippen LogP contribution in [0.4, 0.5) is 0 Å². The summed E-state index contributed by atoms with van der Waals surface area (Å²) >= 11 is 0. The SMILES string of the molecule is CCCCN(C(=O)CCC(C)C)C1CCS(=O)(=O)C1. The van der Waals surface area contributed by atoms with Crippen LogP contribution in [0.5, 0.6) is 0 Å². The van der Waals surface area contributed by atoms with E-state index in [1.165, 1.54) is 0 Å². The Bertz CT molecular complexity index is 389. The van der Waals surface area contributed by atoms with E-state index in [4.69, 9.17) is 0 Å². The Kier molecular flexibility index (Phi) is 6.30. The van der Waals surface area contributed by atoms with Gasteiger partial charge in [-0.3, -0.25) is 4.79 Å². The lowest BCUT2D eigenvalue weighted by atomic mass is 10.1. The molecule has 1 aliphatic rings. The summed E-state index contributed by atoms with van der Waals surface area (Å²) in [5.41, 5.74) is 0. The molecule has 1 unspecified atom stereocenters. The summed E-state index contributed by atoms with van der Waals surface area (Å²) in [6, 6.07) is -0.0868. The predicted molar refractivity (Wildman–Crippen MR) is 77.8 cm³/mol. The van der Waals surface area contributed by atoms with Crippen LogP contribution in [-0.2, 0) is 14.6 Å². The predicted octanol–water partition coefficient (Wildman–Crippen LogP) is 2.24. The van der Waals surface area contributed by atoms with Crippen molar-refractivity contribution in [2.75, 3.05) is 18.1 Å². The lowest BCUT2D eigenvalue weighted by Gasteiger charge is -2.28. The third-order valence-electron chi connectivity index (χ3n) is 3.66. The van der Waals surface area contributed by atoms with Crippen molar-refractivity contribution in [2.24, 2.45) is 5.92 Å². The standard InChI is InChI=1S/C14H27NO3S/c1-4-5-9-15(14(16)7-6-12(2)3)13-8-10-19(17,18)11-13/h12-13H,4-11H2,1-3H3. The number of carbonyl (C=O) groups excluding carboxylic acids is 1. The number of nitrogens with zero attached hydrogens (tertiary/aromatic N) is 1. The number of sulfone groups is 1. The second-order valence-electron chi connectivity index (χ2n) is 5.93. The van der Waals surface area contributed by atoms with Gasteiger partial charge in [-0.1, -0.05) is 27.2 Å². The van der Waals surface area contributed by atoms with Crippen LogP contribution in [0.15, 0.2) is 0 Å². The van der Waals surface area contributed by atoms with Gasteiger partial charge in [0, 0.05) is 19.0 Å². The van der Waals surface area contributed by atoms with E-state index in [0.717, 1.165) is 19.3 Å². The fourth-order valence-corrected chi connectivity index (χ4v) is 4.15. The second kappa shape index (κ2) is 7.27. The highest BCUT2D eigenvalue weighted by molar-refractivity contribution is 7.91. The first-order valence-electron chi connectivity index (χ1n) is 7.35. The van der Waals surface area contributed by atoms with E-state index < -0.39 is 9.84 Å². The van der Waals surface area contributed by atoms with Crippen molar-refractivity contribution >= 4 is 15.7 Å². The maximum Gasteiger partial charge on any atom is 0.222 e. The molecular weight excluding hydrogens is 262 g/mol. The zero-order chi connectivity index (χ0) is 14.5. The Morgan fingerprint density at radius 3 is 2.53 bits per heavy atom. The molecule has 1 atom stereocenters. The summed E-state index contributed by atoms with van der Waals surface area (Å²) < 4.78 is 23.1. The molecule has 4 nitrogen and oxygen atoms in total. The highest BCUT2D eigenvalue weighted by Gasteiger charge is 2.34. The minimum Gasteiger partial charge on any atom is -0.339 e. The van der Waals surface area contributed by atoms with E-state index in [1.807, 2.05) is 4.90 Å². The molecule has 1 amide bonds. The van der Waals surface area contributed by atoms with Gasteiger partial charge in [0.1, 0.15) is 0 Å². The molecular formula is C14H27NO3S. The van der Waals surface area contributed by atoms with Crippen molar-refractivity contribution in [1.82, 2.24) is 4.90 Å². The van der Waals surface area contributed by atoms with Gasteiger partial charge in [-0.15, -0.1) is 0 Å². The molecule has 0 aromatic carbocycles. The maximum absolute atomic E-state index is 12.3. The van der Waals surface area contributed by atoms with Crippen LogP contribution in [0, 0.1) is 5.92 Å². The van der Waals surface area contributed by atoms with E-state index in [2.05, 4.69) is 20.8 Å². The molecule has 0 N–H and O–H groups in total. The van der Waals surface area contributed by atoms with Gasteiger partial charge in [0.05, 0.1) is 11.5 Å². The Labute approximate surface area is 117 Å². The topological polar surface area (TPSA) is 54.5 Å². The number of amides is 1. The molecule has 0 saturated carbocycles. The zero-order valence-corrected chi connectivity index (χ0v) is 13.2. The lowest BCUT2D eigenvalue weighted by Crippen LogP contribution is -2.41. The highest BCUT2D eigenvalue weighted by Crippen LogP contribution is 2.20. The first kappa shape index (κ1) is 16.5. The number of carbonyl (C=O) groups is 1. The molecule has 0 aromatic rings. The monoisotopic (exact) mass is 289 g/mol. The van der Waals surface area contributed by atoms with Gasteiger partial charge >= 0.3 is 0 Å². The quantitative estimate of drug-likeness (QED) is 0.722. The average molecular weight is 289 g/mol. The van der Waals surface area contributed by atoms with Crippen molar-refractivity contribution in [3.8, 4) is 0 Å². The van der Waals surface area contributed by atoms with Crippen LogP contribution in [-0.4, -0.2) is 43.3 Å². The third-order valence-corrected chi connectivity index (χ3v) is 5.41. The largest absolute Gasteiger partial charge is 0.339 e. The molecule has 1 aliphatic heterocycles. The second-order valence-corrected chi connectivity index (χ2v) is 8.16. The molecule has 0 radical (unpaired) electrons. The summed E-state index contributed by atoms with van der Waals surface area (Å²) in [7, 11) is -2.92. The summed E-state index contributed by atoms with van der Waals surface area (Å²) in [5, 5.41) is 0. The summed E-state index contributed by atoms with van der Waals surface area (Å²) in [6.45, 7) is 6.99. The van der Waals surface area contributed by atoms with Crippen molar-refractivity contribution in [2.45, 2.75) is 58.9 Å². The number of hydrogen-bond acceptors (Lipinski definition) is 3. The van der Waals surface area contributed by atoms with Gasteiger partial charge in [-0.05, 0) is 25.2 Å². The molecule has 1 fully saturated rings. The van der Waals surface area contributed by atoms with Crippen molar-refractivity contribution in [1.29, 1.82) is 0 Å². The van der Waals surface area contributed by atoms with Crippen molar-refractivity contribution in [3.05, 3.63) is 0 Å². The molecule has 0 aromatic heterocycles. The fourth-order valence-electron chi connectivity index (χ4n) is 2.42. The Morgan fingerprint density at radius 2 is 2.05 bits per heavy atom. The number of unbranched alkanes of at least 4 members (excludes halogenated alkanes) is 1. The minimum atomic E-state index is -2.92. The maximum atomic E-state index is 12.3. The molecule has 0 spiro atoms. The fraction of sp³-hybridized carbons (Fsp3) is 0.929. The van der Waals surface area contributed by atoms with E-state index in [-0.39, 0.29) is 23.5 Å². The van der Waals surface area contributed by atoms with Crippen molar-refractivity contribution < 1.29 is 13.2 Å². The third kappa shape index (κ3) is 5.51. The van der Waals surface area contributed by atoms with E-state index in [0.29, 0.717) is 25.3 Å². The van der Waals surface area contributed by atoms with Gasteiger partial charge in [-0.2, -0.15) is 0 Å². The van der Waals surface area contributed by atoms with Crippen molar-refractivity contribution in [3.63, 3.8) is 0 Å².